The molecule has 2 heterocycles. The Hall–Kier alpha value is -1.19. The van der Waals surface area contributed by atoms with Crippen LogP contribution in [0.25, 0.3) is 0 Å². The van der Waals surface area contributed by atoms with Gasteiger partial charge in [0.05, 0.1) is 6.04 Å². The first-order valence-electron chi connectivity index (χ1n) is 5.46. The van der Waals surface area contributed by atoms with E-state index >= 15 is 0 Å². The van der Waals surface area contributed by atoms with E-state index in [0.29, 0.717) is 0 Å². The molecule has 0 aliphatic rings. The molecule has 2 nitrogen and oxygen atoms in total. The molecule has 3 heteroatoms. The Morgan fingerprint density at radius 3 is 2.81 bits per heavy atom. The molecule has 0 aromatic carbocycles. The minimum atomic E-state index is -0.0239. The molecule has 0 saturated carbocycles. The van der Waals surface area contributed by atoms with E-state index in [-0.39, 0.29) is 6.04 Å². The van der Waals surface area contributed by atoms with E-state index in [0.717, 1.165) is 6.42 Å². The summed E-state index contributed by atoms with van der Waals surface area (Å²) in [5.74, 6) is 0. The highest BCUT2D eigenvalue weighted by atomic mass is 32.1. The van der Waals surface area contributed by atoms with Crippen LogP contribution in [-0.4, -0.2) is 4.98 Å². The molecule has 2 rings (SSSR count). The van der Waals surface area contributed by atoms with Gasteiger partial charge in [-0.3, -0.25) is 4.98 Å². The van der Waals surface area contributed by atoms with Gasteiger partial charge in [-0.1, -0.05) is 6.92 Å². The van der Waals surface area contributed by atoms with Crippen LogP contribution in [0.3, 0.4) is 0 Å². The van der Waals surface area contributed by atoms with Crippen molar-refractivity contribution in [2.24, 2.45) is 5.73 Å². The van der Waals surface area contributed by atoms with Crippen molar-refractivity contribution in [2.75, 3.05) is 0 Å². The molecule has 0 fully saturated rings. The second-order valence-corrected chi connectivity index (χ2v) is 4.96. The van der Waals surface area contributed by atoms with Gasteiger partial charge in [-0.25, -0.2) is 0 Å². The summed E-state index contributed by atoms with van der Waals surface area (Å²) in [6, 6.07) is 4.12. The molecule has 0 saturated heterocycles. The average Bonchev–Trinajstić information content (AvgIpc) is 2.74. The highest BCUT2D eigenvalue weighted by Gasteiger charge is 2.14. The van der Waals surface area contributed by atoms with Gasteiger partial charge in [0.2, 0.25) is 0 Å². The molecule has 0 radical (unpaired) electrons. The van der Waals surface area contributed by atoms with Crippen molar-refractivity contribution in [3.05, 3.63) is 51.5 Å². The largest absolute Gasteiger partial charge is 0.320 e. The van der Waals surface area contributed by atoms with Crippen LogP contribution in [-0.2, 0) is 6.42 Å². The van der Waals surface area contributed by atoms with Crippen LogP contribution in [0.4, 0.5) is 0 Å². The summed E-state index contributed by atoms with van der Waals surface area (Å²) in [6.07, 6.45) is 4.70. The van der Waals surface area contributed by atoms with Crippen molar-refractivity contribution in [1.29, 1.82) is 0 Å². The average molecular weight is 232 g/mol. The van der Waals surface area contributed by atoms with Crippen molar-refractivity contribution < 1.29 is 0 Å². The fourth-order valence-corrected chi connectivity index (χ4v) is 2.67. The molecule has 0 bridgehead atoms. The molecule has 16 heavy (non-hydrogen) atoms. The number of hydrogen-bond acceptors (Lipinski definition) is 3. The van der Waals surface area contributed by atoms with Gasteiger partial charge in [0.1, 0.15) is 0 Å². The van der Waals surface area contributed by atoms with Crippen molar-refractivity contribution >= 4 is 11.3 Å². The first-order valence-corrected chi connectivity index (χ1v) is 6.34. The number of rotatable bonds is 3. The van der Waals surface area contributed by atoms with Gasteiger partial charge < -0.3 is 5.73 Å². The zero-order valence-corrected chi connectivity index (χ0v) is 10.4. The quantitative estimate of drug-likeness (QED) is 0.883. The molecule has 0 amide bonds. The van der Waals surface area contributed by atoms with Crippen LogP contribution in [0, 0.1) is 6.92 Å². The second-order valence-electron chi connectivity index (χ2n) is 3.84. The third-order valence-electron chi connectivity index (χ3n) is 2.89. The Balaban J connectivity index is 2.41. The lowest BCUT2D eigenvalue weighted by atomic mass is 9.96. The van der Waals surface area contributed by atoms with Crippen molar-refractivity contribution in [1.82, 2.24) is 4.98 Å². The Labute approximate surface area is 100 Å². The molecule has 0 spiro atoms. The number of nitrogens with zero attached hydrogens (tertiary/aromatic N) is 1. The van der Waals surface area contributed by atoms with E-state index in [9.17, 15) is 0 Å². The monoisotopic (exact) mass is 232 g/mol. The minimum Gasteiger partial charge on any atom is -0.320 e. The summed E-state index contributed by atoms with van der Waals surface area (Å²) >= 11 is 1.75. The normalized spacial score (nSPS) is 12.7. The van der Waals surface area contributed by atoms with Crippen molar-refractivity contribution in [3.8, 4) is 0 Å². The van der Waals surface area contributed by atoms with Crippen LogP contribution < -0.4 is 5.73 Å². The number of aryl methyl sites for hydroxylation is 2. The highest BCUT2D eigenvalue weighted by molar-refractivity contribution is 7.10. The third kappa shape index (κ3) is 2.01. The van der Waals surface area contributed by atoms with Gasteiger partial charge in [0.25, 0.3) is 0 Å². The Morgan fingerprint density at radius 1 is 1.38 bits per heavy atom. The van der Waals surface area contributed by atoms with Gasteiger partial charge in [0.15, 0.2) is 0 Å². The fourth-order valence-electron chi connectivity index (χ4n) is 1.92. The maximum Gasteiger partial charge on any atom is 0.0566 e. The summed E-state index contributed by atoms with van der Waals surface area (Å²) in [6.45, 7) is 4.25. The van der Waals surface area contributed by atoms with Gasteiger partial charge in [-0.15, -0.1) is 11.3 Å². The summed E-state index contributed by atoms with van der Waals surface area (Å²) in [7, 11) is 0. The molecule has 0 aliphatic carbocycles. The molecule has 1 unspecified atom stereocenters. The van der Waals surface area contributed by atoms with E-state index < -0.39 is 0 Å². The molecule has 2 aromatic heterocycles. The fraction of sp³-hybridized carbons (Fsp3) is 0.308. The summed E-state index contributed by atoms with van der Waals surface area (Å²) < 4.78 is 0. The van der Waals surface area contributed by atoms with Gasteiger partial charge in [0, 0.05) is 17.3 Å². The van der Waals surface area contributed by atoms with Crippen LogP contribution in [0.15, 0.2) is 29.9 Å². The summed E-state index contributed by atoms with van der Waals surface area (Å²) in [5.41, 5.74) is 9.97. The van der Waals surface area contributed by atoms with E-state index in [1.165, 1.54) is 21.6 Å². The zero-order valence-electron chi connectivity index (χ0n) is 9.60. The molecule has 2 N–H and O–H groups in total. The van der Waals surface area contributed by atoms with E-state index in [4.69, 9.17) is 5.73 Å². The third-order valence-corrected chi connectivity index (χ3v) is 3.75. The van der Waals surface area contributed by atoms with E-state index in [1.807, 2.05) is 18.5 Å². The van der Waals surface area contributed by atoms with Gasteiger partial charge in [-0.05, 0) is 47.5 Å². The lowest BCUT2D eigenvalue weighted by Crippen LogP contribution is -2.14. The van der Waals surface area contributed by atoms with E-state index in [2.05, 4.69) is 30.3 Å². The molecule has 0 aliphatic heterocycles. The first-order chi connectivity index (χ1) is 7.74. The lowest BCUT2D eigenvalue weighted by molar-refractivity contribution is 0.842. The molecular formula is C13H16N2S. The maximum atomic E-state index is 6.32. The standard InChI is InChI=1S/C13H16N2S/c1-3-10-8-15-6-4-12(10)13(14)11-5-7-16-9(11)2/h4-8,13H,3,14H2,1-2H3. The minimum absolute atomic E-state index is 0.0239. The molecular weight excluding hydrogens is 216 g/mol. The second kappa shape index (κ2) is 4.76. The number of nitrogens with two attached hydrogens (primary N) is 1. The van der Waals surface area contributed by atoms with Crippen LogP contribution in [0.2, 0.25) is 0 Å². The first kappa shape index (κ1) is 11.3. The SMILES string of the molecule is CCc1cnccc1C(N)c1ccsc1C. The van der Waals surface area contributed by atoms with Crippen molar-refractivity contribution in [3.63, 3.8) is 0 Å². The Kier molecular flexibility index (Phi) is 3.36. The maximum absolute atomic E-state index is 6.32. The van der Waals surface area contributed by atoms with Gasteiger partial charge in [-0.2, -0.15) is 0 Å². The smallest absolute Gasteiger partial charge is 0.0566 e. The topological polar surface area (TPSA) is 38.9 Å². The Bertz CT molecular complexity index is 476. The summed E-state index contributed by atoms with van der Waals surface area (Å²) in [4.78, 5) is 5.45. The van der Waals surface area contributed by atoms with Gasteiger partial charge >= 0.3 is 0 Å². The predicted octanol–water partition coefficient (Wildman–Crippen LogP) is 3.06. The zero-order chi connectivity index (χ0) is 11.5. The van der Waals surface area contributed by atoms with E-state index in [1.54, 1.807) is 11.3 Å². The number of pyridine rings is 1. The molecule has 1 atom stereocenters. The summed E-state index contributed by atoms with van der Waals surface area (Å²) in [5, 5.41) is 2.09. The number of hydrogen-bond donors (Lipinski definition) is 1. The van der Waals surface area contributed by atoms with Crippen LogP contribution in [0.1, 0.15) is 34.5 Å². The molecule has 84 valence electrons. The van der Waals surface area contributed by atoms with Crippen molar-refractivity contribution in [2.45, 2.75) is 26.3 Å². The van der Waals surface area contributed by atoms with Crippen LogP contribution >= 0.6 is 11.3 Å². The molecule has 2 aromatic rings. The van der Waals surface area contributed by atoms with Crippen LogP contribution in [0.5, 0.6) is 0 Å². The highest BCUT2D eigenvalue weighted by Crippen LogP contribution is 2.27. The predicted molar refractivity (Wildman–Crippen MR) is 68.7 cm³/mol. The Morgan fingerprint density at radius 2 is 2.19 bits per heavy atom. The lowest BCUT2D eigenvalue weighted by Gasteiger charge is -2.15. The number of aromatic nitrogens is 1. The number of thiophene rings is 1.